The summed E-state index contributed by atoms with van der Waals surface area (Å²) in [4.78, 5) is 12.7. The third-order valence-corrected chi connectivity index (χ3v) is 5.40. The number of nitro groups is 1. The number of benzene rings is 2. The number of allylic oxidation sites excluding steroid dienone is 1. The van der Waals surface area contributed by atoms with Crippen molar-refractivity contribution in [3.63, 3.8) is 0 Å². The number of aliphatic hydroxyl groups excluding tert-OH is 1. The van der Waals surface area contributed by atoms with Crippen LogP contribution in [0.25, 0.3) is 5.57 Å². The molecule has 1 heterocycles. The van der Waals surface area contributed by atoms with Crippen LogP contribution in [0, 0.1) is 10.1 Å². The predicted molar refractivity (Wildman–Crippen MR) is 122 cm³/mol. The van der Waals surface area contributed by atoms with Gasteiger partial charge in [-0.1, -0.05) is 6.08 Å². The maximum Gasteiger partial charge on any atom is 0.269 e. The Morgan fingerprint density at radius 2 is 1.87 bits per heavy atom. The second-order valence-corrected chi connectivity index (χ2v) is 8.08. The number of azo groups is 1. The SMILES string of the molecule is COc1cc2c(cc1N=Nc1ccc([N+](=O)[O-])cc1)C(C)=CC(C)(C)N2CCCCO. The lowest BCUT2D eigenvalue weighted by Gasteiger charge is -2.43. The van der Waals surface area contributed by atoms with Crippen LogP contribution in [0.5, 0.6) is 5.75 Å². The zero-order valence-electron chi connectivity index (χ0n) is 18.3. The Hall–Kier alpha value is -3.26. The first kappa shape index (κ1) is 22.4. The molecule has 0 radical (unpaired) electrons. The van der Waals surface area contributed by atoms with Crippen LogP contribution in [0.1, 0.15) is 39.2 Å². The van der Waals surface area contributed by atoms with Crippen molar-refractivity contribution in [3.05, 3.63) is 58.2 Å². The highest BCUT2D eigenvalue weighted by molar-refractivity contribution is 5.85. The lowest BCUT2D eigenvalue weighted by molar-refractivity contribution is -0.384. The van der Waals surface area contributed by atoms with Gasteiger partial charge in [0.25, 0.3) is 5.69 Å². The predicted octanol–water partition coefficient (Wildman–Crippen LogP) is 5.79. The lowest BCUT2D eigenvalue weighted by Crippen LogP contribution is -2.45. The number of anilines is 1. The van der Waals surface area contributed by atoms with E-state index in [1.54, 1.807) is 19.2 Å². The molecule has 0 spiro atoms. The van der Waals surface area contributed by atoms with Crippen molar-refractivity contribution < 1.29 is 14.8 Å². The molecule has 0 fully saturated rings. The van der Waals surface area contributed by atoms with Gasteiger partial charge in [0.1, 0.15) is 11.4 Å². The van der Waals surface area contributed by atoms with Crippen LogP contribution in [0.4, 0.5) is 22.7 Å². The second-order valence-electron chi connectivity index (χ2n) is 8.08. The van der Waals surface area contributed by atoms with Crippen LogP contribution in [-0.2, 0) is 0 Å². The van der Waals surface area contributed by atoms with Gasteiger partial charge in [0, 0.05) is 42.6 Å². The quantitative estimate of drug-likeness (QED) is 0.250. The van der Waals surface area contributed by atoms with Gasteiger partial charge in [0.15, 0.2) is 0 Å². The summed E-state index contributed by atoms with van der Waals surface area (Å²) >= 11 is 0. The number of methoxy groups -OCH3 is 1. The molecular formula is C23H28N4O4. The highest BCUT2D eigenvalue weighted by Crippen LogP contribution is 2.45. The van der Waals surface area contributed by atoms with E-state index in [9.17, 15) is 15.2 Å². The minimum atomic E-state index is -0.448. The van der Waals surface area contributed by atoms with E-state index >= 15 is 0 Å². The summed E-state index contributed by atoms with van der Waals surface area (Å²) in [5, 5.41) is 28.6. The fraction of sp³-hybridized carbons (Fsp3) is 0.391. The molecule has 2 aromatic rings. The first-order valence-corrected chi connectivity index (χ1v) is 10.2. The Bertz CT molecular complexity index is 1010. The molecule has 1 N–H and O–H groups in total. The second kappa shape index (κ2) is 9.26. The summed E-state index contributed by atoms with van der Waals surface area (Å²) in [5.74, 6) is 0.599. The number of unbranched alkanes of at least 4 members (excludes halogenated alkanes) is 1. The molecule has 1 aliphatic heterocycles. The van der Waals surface area contributed by atoms with Crippen LogP contribution in [0.15, 0.2) is 52.7 Å². The zero-order chi connectivity index (χ0) is 22.6. The van der Waals surface area contributed by atoms with E-state index in [4.69, 9.17) is 4.74 Å². The van der Waals surface area contributed by atoms with E-state index in [0.717, 1.165) is 36.2 Å². The van der Waals surface area contributed by atoms with Crippen LogP contribution < -0.4 is 9.64 Å². The molecule has 8 heteroatoms. The average molecular weight is 425 g/mol. The summed E-state index contributed by atoms with van der Waals surface area (Å²) in [6.45, 7) is 7.42. The highest BCUT2D eigenvalue weighted by atomic mass is 16.6. The van der Waals surface area contributed by atoms with E-state index in [1.807, 2.05) is 12.1 Å². The Morgan fingerprint density at radius 1 is 1.16 bits per heavy atom. The fourth-order valence-corrected chi connectivity index (χ4v) is 3.88. The lowest BCUT2D eigenvalue weighted by atomic mass is 9.88. The summed E-state index contributed by atoms with van der Waals surface area (Å²) in [6.07, 6.45) is 3.87. The number of ether oxygens (including phenoxy) is 1. The van der Waals surface area contributed by atoms with E-state index in [-0.39, 0.29) is 17.8 Å². The summed E-state index contributed by atoms with van der Waals surface area (Å²) in [5.41, 5.74) is 4.21. The topological polar surface area (TPSA) is 101 Å². The van der Waals surface area contributed by atoms with E-state index < -0.39 is 4.92 Å². The van der Waals surface area contributed by atoms with Gasteiger partial charge < -0.3 is 14.7 Å². The molecule has 8 nitrogen and oxygen atoms in total. The maximum atomic E-state index is 10.8. The van der Waals surface area contributed by atoms with Crippen LogP contribution >= 0.6 is 0 Å². The monoisotopic (exact) mass is 424 g/mol. The van der Waals surface area contributed by atoms with Gasteiger partial charge in [-0.15, -0.1) is 5.11 Å². The van der Waals surface area contributed by atoms with Crippen molar-refractivity contribution >= 4 is 28.3 Å². The fourth-order valence-electron chi connectivity index (χ4n) is 3.88. The molecule has 164 valence electrons. The third kappa shape index (κ3) is 4.91. The number of nitro benzene ring substituents is 1. The number of fused-ring (bicyclic) bond motifs is 1. The molecule has 0 bridgehead atoms. The minimum Gasteiger partial charge on any atom is -0.494 e. The van der Waals surface area contributed by atoms with Crippen LogP contribution in [0.3, 0.4) is 0 Å². The molecule has 3 rings (SSSR count). The minimum absolute atomic E-state index is 0.00924. The molecule has 0 atom stereocenters. The Kier molecular flexibility index (Phi) is 6.70. The maximum absolute atomic E-state index is 10.8. The number of non-ortho nitro benzene ring substituents is 1. The zero-order valence-corrected chi connectivity index (χ0v) is 18.3. The number of hydrogen-bond acceptors (Lipinski definition) is 7. The Balaban J connectivity index is 1.97. The molecule has 0 saturated heterocycles. The smallest absolute Gasteiger partial charge is 0.269 e. The molecule has 0 aliphatic carbocycles. The van der Waals surface area contributed by atoms with Crippen molar-refractivity contribution in [2.75, 3.05) is 25.2 Å². The van der Waals surface area contributed by atoms with Crippen molar-refractivity contribution in [1.29, 1.82) is 0 Å². The summed E-state index contributed by atoms with van der Waals surface area (Å²) < 4.78 is 5.60. The van der Waals surface area contributed by atoms with Gasteiger partial charge in [-0.05, 0) is 57.4 Å². The van der Waals surface area contributed by atoms with Gasteiger partial charge >= 0.3 is 0 Å². The van der Waals surface area contributed by atoms with Crippen molar-refractivity contribution in [1.82, 2.24) is 0 Å². The first-order chi connectivity index (χ1) is 14.8. The van der Waals surface area contributed by atoms with Gasteiger partial charge in [-0.3, -0.25) is 10.1 Å². The molecule has 0 unspecified atom stereocenters. The van der Waals surface area contributed by atoms with E-state index in [0.29, 0.717) is 17.1 Å². The largest absolute Gasteiger partial charge is 0.494 e. The van der Waals surface area contributed by atoms with Crippen molar-refractivity contribution in [3.8, 4) is 5.75 Å². The number of rotatable bonds is 8. The highest BCUT2D eigenvalue weighted by Gasteiger charge is 2.32. The van der Waals surface area contributed by atoms with E-state index in [1.165, 1.54) is 12.1 Å². The van der Waals surface area contributed by atoms with Crippen molar-refractivity contribution in [2.45, 2.75) is 39.2 Å². The molecule has 2 aromatic carbocycles. The molecule has 31 heavy (non-hydrogen) atoms. The number of hydrogen-bond donors (Lipinski definition) is 1. The molecule has 1 aliphatic rings. The van der Waals surface area contributed by atoms with Crippen LogP contribution in [-0.4, -0.2) is 35.8 Å². The Labute approximate surface area is 182 Å². The van der Waals surface area contributed by atoms with Crippen LogP contribution in [0.2, 0.25) is 0 Å². The number of aliphatic hydroxyl groups is 1. The summed E-state index contributed by atoms with van der Waals surface area (Å²) in [6, 6.07) is 9.86. The molecular weight excluding hydrogens is 396 g/mol. The van der Waals surface area contributed by atoms with Gasteiger partial charge in [0.2, 0.25) is 0 Å². The average Bonchev–Trinajstić information content (AvgIpc) is 2.74. The number of nitrogens with zero attached hydrogens (tertiary/aromatic N) is 4. The normalized spacial score (nSPS) is 15.0. The summed E-state index contributed by atoms with van der Waals surface area (Å²) in [7, 11) is 1.60. The van der Waals surface area contributed by atoms with E-state index in [2.05, 4.69) is 42.0 Å². The third-order valence-electron chi connectivity index (χ3n) is 5.40. The molecule has 0 saturated carbocycles. The van der Waals surface area contributed by atoms with Gasteiger partial charge in [-0.25, -0.2) is 0 Å². The Morgan fingerprint density at radius 3 is 2.48 bits per heavy atom. The van der Waals surface area contributed by atoms with Gasteiger partial charge in [0.05, 0.1) is 23.3 Å². The molecule has 0 aromatic heterocycles. The van der Waals surface area contributed by atoms with Crippen molar-refractivity contribution in [2.24, 2.45) is 10.2 Å². The first-order valence-electron chi connectivity index (χ1n) is 10.2. The molecule has 0 amide bonds. The van der Waals surface area contributed by atoms with Gasteiger partial charge in [-0.2, -0.15) is 5.11 Å². The standard InChI is InChI=1S/C23H28N4O4/c1-16-15-23(2,3)26(11-5-6-12-28)21-14-22(31-4)20(13-19(16)21)25-24-17-7-9-18(10-8-17)27(29)30/h7-10,13-15,28H,5-6,11-12H2,1-4H3.